The van der Waals surface area contributed by atoms with Gasteiger partial charge in [-0.3, -0.25) is 4.79 Å². The molecule has 3 rings (SSSR count). The first-order chi connectivity index (χ1) is 14.1. The quantitative estimate of drug-likeness (QED) is 0.719. The minimum atomic E-state index is -4.72. The van der Waals surface area contributed by atoms with E-state index in [-0.39, 0.29) is 23.5 Å². The van der Waals surface area contributed by atoms with Crippen LogP contribution in [0.5, 0.6) is 0 Å². The normalized spacial score (nSPS) is 19.9. The third-order valence-corrected chi connectivity index (χ3v) is 5.02. The molecule has 0 aliphatic carbocycles. The summed E-state index contributed by atoms with van der Waals surface area (Å²) in [6.45, 7) is 7.44. The predicted octanol–water partition coefficient (Wildman–Crippen LogP) is 3.52. The number of piperazine rings is 1. The third-order valence-electron chi connectivity index (χ3n) is 5.02. The van der Waals surface area contributed by atoms with Crippen molar-refractivity contribution in [1.29, 1.82) is 0 Å². The highest BCUT2D eigenvalue weighted by Gasteiger charge is 2.38. The lowest BCUT2D eigenvalue weighted by Crippen LogP contribution is -2.56. The zero-order chi connectivity index (χ0) is 22.1. The van der Waals surface area contributed by atoms with Crippen molar-refractivity contribution in [2.45, 2.75) is 45.5 Å². The molecule has 9 heteroatoms. The molecule has 0 amide bonds. The highest BCUT2D eigenvalue weighted by atomic mass is 19.4. The summed E-state index contributed by atoms with van der Waals surface area (Å²) >= 11 is 0. The van der Waals surface area contributed by atoms with Gasteiger partial charge in [-0.05, 0) is 43.5 Å². The Morgan fingerprint density at radius 2 is 2.03 bits per heavy atom. The molecule has 162 valence electrons. The van der Waals surface area contributed by atoms with Crippen LogP contribution in [-0.4, -0.2) is 40.9 Å². The molecule has 2 aromatic heterocycles. The molecule has 1 aliphatic heterocycles. The summed E-state index contributed by atoms with van der Waals surface area (Å²) in [7, 11) is 0. The molecule has 0 aromatic carbocycles. The average Bonchev–Trinajstić information content (AvgIpc) is 2.65. The number of nitrogen functional groups attached to an aromatic ring is 1. The minimum absolute atomic E-state index is 0.0981. The van der Waals surface area contributed by atoms with Gasteiger partial charge in [-0.15, -0.1) is 0 Å². The zero-order valence-corrected chi connectivity index (χ0v) is 17.2. The summed E-state index contributed by atoms with van der Waals surface area (Å²) in [5, 5.41) is 3.51. The van der Waals surface area contributed by atoms with E-state index in [4.69, 9.17) is 5.73 Å². The Hall–Kier alpha value is -2.68. The first-order valence-electron chi connectivity index (χ1n) is 9.90. The largest absolute Gasteiger partial charge is 0.418 e. The number of ketones is 1. The molecule has 0 saturated carbocycles. The predicted molar refractivity (Wildman–Crippen MR) is 109 cm³/mol. The van der Waals surface area contributed by atoms with Gasteiger partial charge in [0.2, 0.25) is 5.78 Å². The van der Waals surface area contributed by atoms with Crippen molar-refractivity contribution in [3.8, 4) is 0 Å². The number of carbonyl (C=O) groups is 1. The molecule has 0 spiro atoms. The van der Waals surface area contributed by atoms with E-state index < -0.39 is 23.2 Å². The van der Waals surface area contributed by atoms with Gasteiger partial charge in [-0.25, -0.2) is 9.97 Å². The SMILES string of the molecule is CC(C)C[C@H]1CN(c2ccc(C(F)(F)F)c(C(=O)c3cccnc3N)n2)C[C@@H](C)N1. The molecule has 6 nitrogen and oxygen atoms in total. The molecular weight excluding hydrogens is 395 g/mol. The van der Waals surface area contributed by atoms with Crippen LogP contribution in [0.1, 0.15) is 48.8 Å². The fourth-order valence-electron chi connectivity index (χ4n) is 3.84. The smallest absolute Gasteiger partial charge is 0.383 e. The van der Waals surface area contributed by atoms with Gasteiger partial charge in [-0.2, -0.15) is 13.2 Å². The summed E-state index contributed by atoms with van der Waals surface area (Å²) < 4.78 is 40.8. The summed E-state index contributed by atoms with van der Waals surface area (Å²) in [4.78, 5) is 22.8. The highest BCUT2D eigenvalue weighted by Crippen LogP contribution is 2.34. The van der Waals surface area contributed by atoms with Crippen molar-refractivity contribution in [3.05, 3.63) is 47.3 Å². The summed E-state index contributed by atoms with van der Waals surface area (Å²) in [5.74, 6) is -0.205. The van der Waals surface area contributed by atoms with Crippen LogP contribution in [0.4, 0.5) is 24.8 Å². The molecule has 2 aromatic rings. The van der Waals surface area contributed by atoms with E-state index in [1.807, 2.05) is 11.8 Å². The van der Waals surface area contributed by atoms with Gasteiger partial charge in [0.25, 0.3) is 0 Å². The Morgan fingerprint density at radius 3 is 2.67 bits per heavy atom. The average molecular weight is 421 g/mol. The van der Waals surface area contributed by atoms with E-state index in [0.717, 1.165) is 12.5 Å². The molecule has 1 fully saturated rings. The maximum absolute atomic E-state index is 13.6. The summed E-state index contributed by atoms with van der Waals surface area (Å²) in [5.41, 5.74) is 3.88. The molecule has 0 unspecified atom stereocenters. The first kappa shape index (κ1) is 22.0. The van der Waals surface area contributed by atoms with Gasteiger partial charge in [0, 0.05) is 31.4 Å². The number of hydrogen-bond donors (Lipinski definition) is 2. The van der Waals surface area contributed by atoms with E-state index in [1.54, 1.807) is 0 Å². The van der Waals surface area contributed by atoms with E-state index in [0.29, 0.717) is 24.8 Å². The van der Waals surface area contributed by atoms with Crippen LogP contribution in [0, 0.1) is 5.92 Å². The second-order valence-electron chi connectivity index (χ2n) is 8.13. The maximum Gasteiger partial charge on any atom is 0.418 e. The second kappa shape index (κ2) is 8.59. The molecule has 0 bridgehead atoms. The van der Waals surface area contributed by atoms with Crippen LogP contribution in [-0.2, 0) is 6.18 Å². The van der Waals surface area contributed by atoms with Crippen molar-refractivity contribution in [3.63, 3.8) is 0 Å². The standard InChI is InChI=1S/C21H26F3N5O/c1-12(2)9-14-11-29(10-13(3)27-14)17-7-6-16(21(22,23)24)18(28-17)19(30)15-5-4-8-26-20(15)25/h4-8,12-14,27H,9-11H2,1-3H3,(H2,25,26)/t13-,14+/m1/s1. The number of hydrogen-bond acceptors (Lipinski definition) is 6. The van der Waals surface area contributed by atoms with Gasteiger partial charge >= 0.3 is 6.18 Å². The van der Waals surface area contributed by atoms with Gasteiger partial charge in [-0.1, -0.05) is 13.8 Å². The number of rotatable bonds is 5. The monoisotopic (exact) mass is 421 g/mol. The number of nitrogens with one attached hydrogen (secondary N) is 1. The lowest BCUT2D eigenvalue weighted by molar-refractivity contribution is -0.138. The van der Waals surface area contributed by atoms with Gasteiger partial charge < -0.3 is 16.0 Å². The topological polar surface area (TPSA) is 84.1 Å². The van der Waals surface area contributed by atoms with Crippen LogP contribution in [0.25, 0.3) is 0 Å². The Kier molecular flexibility index (Phi) is 6.30. The molecule has 3 heterocycles. The lowest BCUT2D eigenvalue weighted by Gasteiger charge is -2.39. The third kappa shape index (κ3) is 4.89. The zero-order valence-electron chi connectivity index (χ0n) is 17.2. The Bertz CT molecular complexity index is 914. The molecule has 0 radical (unpaired) electrons. The maximum atomic E-state index is 13.6. The van der Waals surface area contributed by atoms with Crippen LogP contribution in [0.2, 0.25) is 0 Å². The fraction of sp³-hybridized carbons (Fsp3) is 0.476. The Morgan fingerprint density at radius 1 is 1.30 bits per heavy atom. The van der Waals surface area contributed by atoms with E-state index >= 15 is 0 Å². The van der Waals surface area contributed by atoms with Crippen molar-refractivity contribution < 1.29 is 18.0 Å². The van der Waals surface area contributed by atoms with Crippen LogP contribution >= 0.6 is 0 Å². The van der Waals surface area contributed by atoms with Crippen molar-refractivity contribution in [2.75, 3.05) is 23.7 Å². The van der Waals surface area contributed by atoms with Crippen molar-refractivity contribution in [2.24, 2.45) is 5.92 Å². The van der Waals surface area contributed by atoms with E-state index in [2.05, 4.69) is 29.1 Å². The van der Waals surface area contributed by atoms with Gasteiger partial charge in [0.1, 0.15) is 17.3 Å². The van der Waals surface area contributed by atoms with Crippen LogP contribution in [0.3, 0.4) is 0 Å². The number of anilines is 2. The lowest BCUT2D eigenvalue weighted by atomic mass is 9.99. The second-order valence-corrected chi connectivity index (χ2v) is 8.13. The number of alkyl halides is 3. The molecule has 1 aliphatic rings. The Balaban J connectivity index is 2.01. The fourth-order valence-corrected chi connectivity index (χ4v) is 3.84. The molecule has 2 atom stereocenters. The number of aromatic nitrogens is 2. The summed E-state index contributed by atoms with van der Waals surface area (Å²) in [6.07, 6.45) is -2.42. The van der Waals surface area contributed by atoms with Crippen LogP contribution < -0.4 is 16.0 Å². The summed E-state index contributed by atoms with van der Waals surface area (Å²) in [6, 6.07) is 5.38. The van der Waals surface area contributed by atoms with E-state index in [9.17, 15) is 18.0 Å². The first-order valence-corrected chi connectivity index (χ1v) is 9.90. The van der Waals surface area contributed by atoms with Gasteiger partial charge in [0.15, 0.2) is 0 Å². The molecule has 1 saturated heterocycles. The highest BCUT2D eigenvalue weighted by molar-refractivity contribution is 6.11. The molecule has 30 heavy (non-hydrogen) atoms. The number of halogens is 3. The molecule has 3 N–H and O–H groups in total. The molecular formula is C21H26F3N5O. The number of carbonyl (C=O) groups excluding carboxylic acids is 1. The number of nitrogens with zero attached hydrogens (tertiary/aromatic N) is 3. The number of nitrogens with two attached hydrogens (primary N) is 1. The van der Waals surface area contributed by atoms with Gasteiger partial charge in [0.05, 0.1) is 11.1 Å². The van der Waals surface area contributed by atoms with E-state index in [1.165, 1.54) is 24.4 Å². The Labute approximate surface area is 173 Å². The number of pyridine rings is 2. The van der Waals surface area contributed by atoms with Crippen LogP contribution in [0.15, 0.2) is 30.5 Å². The van der Waals surface area contributed by atoms with Crippen molar-refractivity contribution in [1.82, 2.24) is 15.3 Å². The minimum Gasteiger partial charge on any atom is -0.383 e. The van der Waals surface area contributed by atoms with Crippen molar-refractivity contribution >= 4 is 17.4 Å².